The second-order valence-corrected chi connectivity index (χ2v) is 9.15. The summed E-state index contributed by atoms with van der Waals surface area (Å²) in [6.07, 6.45) is 0.914. The van der Waals surface area contributed by atoms with Crippen LogP contribution in [0.1, 0.15) is 26.7 Å². The Kier molecular flexibility index (Phi) is 6.37. The molecule has 1 aliphatic rings. The molecule has 11 heteroatoms. The van der Waals surface area contributed by atoms with E-state index >= 15 is 0 Å². The van der Waals surface area contributed by atoms with Crippen LogP contribution < -0.4 is 13.8 Å². The zero-order chi connectivity index (χ0) is 21.2. The molecule has 158 valence electrons. The van der Waals surface area contributed by atoms with Crippen molar-refractivity contribution in [2.75, 3.05) is 17.5 Å². The highest BCUT2D eigenvalue weighted by Gasteiger charge is 2.37. The molecule has 0 amide bonds. The summed E-state index contributed by atoms with van der Waals surface area (Å²) in [5.74, 6) is -0.550. The van der Waals surface area contributed by atoms with Crippen molar-refractivity contribution in [3.05, 3.63) is 28.9 Å². The number of aromatic nitrogens is 2. The molecule has 2 heterocycles. The van der Waals surface area contributed by atoms with Crippen LogP contribution in [-0.4, -0.2) is 48.5 Å². The number of anilines is 1. The predicted molar refractivity (Wildman–Crippen MR) is 109 cm³/mol. The molecule has 0 saturated carbocycles. The summed E-state index contributed by atoms with van der Waals surface area (Å²) in [5.41, 5.74) is 0.373. The Morgan fingerprint density at radius 2 is 2.17 bits per heavy atom. The number of ether oxygens (including phenoxy) is 2. The van der Waals surface area contributed by atoms with Gasteiger partial charge in [0.05, 0.1) is 18.8 Å². The number of carboxylic acids is 1. The molecular weight excluding hydrogens is 466 g/mol. The van der Waals surface area contributed by atoms with Crippen LogP contribution in [0.4, 0.5) is 5.69 Å². The van der Waals surface area contributed by atoms with Crippen LogP contribution in [0.2, 0.25) is 0 Å². The van der Waals surface area contributed by atoms with Gasteiger partial charge < -0.3 is 14.6 Å². The topological polar surface area (TPSA) is 111 Å². The van der Waals surface area contributed by atoms with Gasteiger partial charge in [-0.2, -0.15) is 0 Å². The Morgan fingerprint density at radius 1 is 1.41 bits per heavy atom. The van der Waals surface area contributed by atoms with Crippen LogP contribution in [-0.2, 0) is 21.4 Å². The number of hydrogen-bond acceptors (Lipinski definition) is 6. The van der Waals surface area contributed by atoms with E-state index in [9.17, 15) is 13.2 Å². The van der Waals surface area contributed by atoms with Gasteiger partial charge in [0, 0.05) is 23.6 Å². The van der Waals surface area contributed by atoms with Gasteiger partial charge in [0.2, 0.25) is 0 Å². The molecular formula is C18H22BrN3O6S. The third-order valence-electron chi connectivity index (χ3n) is 4.40. The first-order valence-electron chi connectivity index (χ1n) is 9.17. The Balaban J connectivity index is 2.06. The first kappa shape index (κ1) is 21.4. The Labute approximate surface area is 177 Å². The molecule has 0 spiro atoms. The van der Waals surface area contributed by atoms with Crippen LogP contribution in [0.5, 0.6) is 11.6 Å². The minimum Gasteiger partial charge on any atom is -0.486 e. The minimum atomic E-state index is -4.03. The first-order chi connectivity index (χ1) is 13.8. The third-order valence-corrected chi connectivity index (χ3v) is 6.66. The van der Waals surface area contributed by atoms with E-state index in [0.29, 0.717) is 22.5 Å². The van der Waals surface area contributed by atoms with Crippen molar-refractivity contribution < 1.29 is 27.8 Å². The normalized spacial score (nSPS) is 16.2. The van der Waals surface area contributed by atoms with E-state index in [1.165, 1.54) is 15.2 Å². The first-order valence-corrected chi connectivity index (χ1v) is 11.4. The average Bonchev–Trinajstić information content (AvgIpc) is 3.10. The number of hydrogen-bond donors (Lipinski definition) is 1. The monoisotopic (exact) mass is 487 g/mol. The molecule has 2 aromatic rings. The smallest absolute Gasteiger partial charge is 0.303 e. The van der Waals surface area contributed by atoms with Gasteiger partial charge in [-0.1, -0.05) is 15.9 Å². The fraction of sp³-hybridized carbons (Fsp3) is 0.444. The van der Waals surface area contributed by atoms with E-state index in [2.05, 4.69) is 21.0 Å². The van der Waals surface area contributed by atoms with Crippen LogP contribution in [0, 0.1) is 0 Å². The van der Waals surface area contributed by atoms with E-state index in [4.69, 9.17) is 14.6 Å². The average molecular weight is 488 g/mol. The maximum absolute atomic E-state index is 13.6. The largest absolute Gasteiger partial charge is 0.486 e. The highest BCUT2D eigenvalue weighted by molar-refractivity contribution is 9.10. The molecule has 0 aliphatic carbocycles. The lowest BCUT2D eigenvalue weighted by atomic mass is 10.1. The van der Waals surface area contributed by atoms with Gasteiger partial charge in [-0.15, -0.1) is 5.10 Å². The van der Waals surface area contributed by atoms with Crippen LogP contribution in [0.25, 0.3) is 0 Å². The van der Waals surface area contributed by atoms with Gasteiger partial charge in [-0.3, -0.25) is 13.8 Å². The summed E-state index contributed by atoms with van der Waals surface area (Å²) in [5, 5.41) is 13.2. The van der Waals surface area contributed by atoms with Crippen LogP contribution in [0.15, 0.2) is 33.8 Å². The van der Waals surface area contributed by atoms with E-state index in [-0.39, 0.29) is 36.8 Å². The summed E-state index contributed by atoms with van der Waals surface area (Å²) in [7, 11) is -4.03. The Morgan fingerprint density at radius 3 is 2.83 bits per heavy atom. The number of rotatable bonds is 8. The number of sulfonamides is 1. The second kappa shape index (κ2) is 8.62. The van der Waals surface area contributed by atoms with Crippen molar-refractivity contribution in [3.63, 3.8) is 0 Å². The summed E-state index contributed by atoms with van der Waals surface area (Å²) in [6, 6.07) is 5.06. The Bertz CT molecular complexity index is 1010. The van der Waals surface area contributed by atoms with Crippen LogP contribution in [0.3, 0.4) is 0 Å². The molecule has 1 N–H and O–H groups in total. The van der Waals surface area contributed by atoms with Crippen LogP contribution >= 0.6 is 15.9 Å². The molecule has 1 aromatic heterocycles. The zero-order valence-electron chi connectivity index (χ0n) is 16.0. The molecule has 0 saturated heterocycles. The SMILES string of the molecule is CCOc1nn(CC)cc1S(=O)(=O)N1CC(CCC(=O)O)Oc2ccc(Br)cc21. The third kappa shape index (κ3) is 4.50. The van der Waals surface area contributed by atoms with Gasteiger partial charge in [0.25, 0.3) is 15.9 Å². The highest BCUT2D eigenvalue weighted by Crippen LogP contribution is 2.40. The molecule has 3 rings (SSSR count). The number of benzene rings is 1. The molecule has 1 aromatic carbocycles. The van der Waals surface area contributed by atoms with Gasteiger partial charge in [-0.25, -0.2) is 8.42 Å². The Hall–Kier alpha value is -2.27. The van der Waals surface area contributed by atoms with Gasteiger partial charge in [0.1, 0.15) is 11.9 Å². The minimum absolute atomic E-state index is 0.0120. The highest BCUT2D eigenvalue weighted by atomic mass is 79.9. The number of halogens is 1. The molecule has 1 atom stereocenters. The van der Waals surface area contributed by atoms with Crippen molar-refractivity contribution in [1.29, 1.82) is 0 Å². The molecule has 1 unspecified atom stereocenters. The van der Waals surface area contributed by atoms with Crippen molar-refractivity contribution in [1.82, 2.24) is 9.78 Å². The van der Waals surface area contributed by atoms with E-state index < -0.39 is 22.1 Å². The van der Waals surface area contributed by atoms with E-state index in [0.717, 1.165) is 0 Å². The molecule has 29 heavy (non-hydrogen) atoms. The maximum atomic E-state index is 13.6. The summed E-state index contributed by atoms with van der Waals surface area (Å²) in [4.78, 5) is 10.9. The maximum Gasteiger partial charge on any atom is 0.303 e. The molecule has 0 fully saturated rings. The fourth-order valence-electron chi connectivity index (χ4n) is 3.03. The van der Waals surface area contributed by atoms with E-state index in [1.54, 1.807) is 25.1 Å². The molecule has 0 radical (unpaired) electrons. The fourth-order valence-corrected chi connectivity index (χ4v) is 4.95. The van der Waals surface area contributed by atoms with Crippen molar-refractivity contribution in [3.8, 4) is 11.6 Å². The van der Waals surface area contributed by atoms with Crippen molar-refractivity contribution in [2.45, 2.75) is 44.2 Å². The number of aryl methyl sites for hydroxylation is 1. The number of nitrogens with zero attached hydrogens (tertiary/aromatic N) is 3. The summed E-state index contributed by atoms with van der Waals surface area (Å²) < 4.78 is 41.9. The molecule has 1 aliphatic heterocycles. The lowest BCUT2D eigenvalue weighted by Gasteiger charge is -2.35. The lowest BCUT2D eigenvalue weighted by Crippen LogP contribution is -2.43. The summed E-state index contributed by atoms with van der Waals surface area (Å²) in [6.45, 7) is 4.35. The van der Waals surface area contributed by atoms with Gasteiger partial charge >= 0.3 is 5.97 Å². The van der Waals surface area contributed by atoms with Crippen molar-refractivity contribution in [2.24, 2.45) is 0 Å². The van der Waals surface area contributed by atoms with Crippen molar-refractivity contribution >= 4 is 37.6 Å². The van der Waals surface area contributed by atoms with Gasteiger partial charge in [-0.05, 0) is 38.5 Å². The number of carboxylic acid groups (broad SMARTS) is 1. The van der Waals surface area contributed by atoms with Gasteiger partial charge in [0.15, 0.2) is 4.90 Å². The quantitative estimate of drug-likeness (QED) is 0.608. The van der Waals surface area contributed by atoms with E-state index in [1.807, 2.05) is 6.92 Å². The second-order valence-electron chi connectivity index (χ2n) is 6.41. The number of fused-ring (bicyclic) bond motifs is 1. The predicted octanol–water partition coefficient (Wildman–Crippen LogP) is 2.89. The number of aliphatic carboxylic acids is 1. The summed E-state index contributed by atoms with van der Waals surface area (Å²) >= 11 is 3.36. The lowest BCUT2D eigenvalue weighted by molar-refractivity contribution is -0.137. The molecule has 9 nitrogen and oxygen atoms in total. The standard InChI is InChI=1S/C18H22BrN3O6S/c1-3-21-11-16(18(20-21)27-4-2)29(25,26)22-10-13(6-8-17(23)24)28-15-7-5-12(19)9-14(15)22/h5,7,9,11,13H,3-4,6,8,10H2,1-2H3,(H,23,24). The number of carbonyl (C=O) groups is 1. The zero-order valence-corrected chi connectivity index (χ0v) is 18.4. The molecule has 0 bridgehead atoms.